The Kier molecular flexibility index (Phi) is 6.14. The zero-order valence-corrected chi connectivity index (χ0v) is 15.7. The summed E-state index contributed by atoms with van der Waals surface area (Å²) in [6.07, 6.45) is 1.46. The summed E-state index contributed by atoms with van der Waals surface area (Å²) >= 11 is 0. The SMILES string of the molecule is Cc1cccc(C)c1OCC(=O)N1CCC(C(=O)N2CCOCC2)CC1. The summed E-state index contributed by atoms with van der Waals surface area (Å²) in [4.78, 5) is 28.7. The fraction of sp³-hybridized carbons (Fsp3) is 0.600. The Morgan fingerprint density at radius 3 is 2.27 bits per heavy atom. The molecule has 142 valence electrons. The van der Waals surface area contributed by atoms with Crippen LogP contribution in [0.2, 0.25) is 0 Å². The second-order valence-electron chi connectivity index (χ2n) is 7.10. The van der Waals surface area contributed by atoms with Gasteiger partial charge in [0, 0.05) is 32.1 Å². The lowest BCUT2D eigenvalue weighted by molar-refractivity contribution is -0.144. The first-order valence-corrected chi connectivity index (χ1v) is 9.39. The molecule has 2 aliphatic rings. The van der Waals surface area contributed by atoms with E-state index in [-0.39, 0.29) is 24.3 Å². The molecule has 3 rings (SSSR count). The average Bonchev–Trinajstić information content (AvgIpc) is 2.67. The van der Waals surface area contributed by atoms with Gasteiger partial charge in [-0.3, -0.25) is 9.59 Å². The summed E-state index contributed by atoms with van der Waals surface area (Å²) in [7, 11) is 0. The lowest BCUT2D eigenvalue weighted by Crippen LogP contribution is -2.48. The van der Waals surface area contributed by atoms with E-state index >= 15 is 0 Å². The van der Waals surface area contributed by atoms with Crippen LogP contribution in [-0.4, -0.2) is 67.6 Å². The molecule has 2 saturated heterocycles. The van der Waals surface area contributed by atoms with E-state index in [1.165, 1.54) is 0 Å². The van der Waals surface area contributed by atoms with Crippen molar-refractivity contribution < 1.29 is 19.1 Å². The third kappa shape index (κ3) is 4.36. The van der Waals surface area contributed by atoms with E-state index in [1.807, 2.05) is 41.8 Å². The molecule has 2 fully saturated rings. The molecule has 1 aromatic rings. The molecule has 6 nitrogen and oxygen atoms in total. The zero-order chi connectivity index (χ0) is 18.5. The Labute approximate surface area is 155 Å². The van der Waals surface area contributed by atoms with Gasteiger partial charge < -0.3 is 19.3 Å². The number of amides is 2. The zero-order valence-electron chi connectivity index (χ0n) is 15.7. The van der Waals surface area contributed by atoms with Crippen LogP contribution in [0.15, 0.2) is 18.2 Å². The van der Waals surface area contributed by atoms with Gasteiger partial charge in [0.2, 0.25) is 5.91 Å². The van der Waals surface area contributed by atoms with Crippen molar-refractivity contribution in [3.63, 3.8) is 0 Å². The van der Waals surface area contributed by atoms with Gasteiger partial charge in [-0.1, -0.05) is 18.2 Å². The molecule has 0 radical (unpaired) electrons. The number of aryl methyl sites for hydroxylation is 2. The van der Waals surface area contributed by atoms with Crippen molar-refractivity contribution in [3.05, 3.63) is 29.3 Å². The Morgan fingerprint density at radius 2 is 1.65 bits per heavy atom. The third-order valence-corrected chi connectivity index (χ3v) is 5.27. The molecule has 2 amide bonds. The molecule has 0 spiro atoms. The van der Waals surface area contributed by atoms with Crippen molar-refractivity contribution in [2.75, 3.05) is 46.0 Å². The number of nitrogens with zero attached hydrogens (tertiary/aromatic N) is 2. The van der Waals surface area contributed by atoms with Crippen molar-refractivity contribution in [3.8, 4) is 5.75 Å². The number of hydrogen-bond donors (Lipinski definition) is 0. The Balaban J connectivity index is 1.47. The minimum absolute atomic E-state index is 0.00933. The van der Waals surface area contributed by atoms with Gasteiger partial charge in [-0.05, 0) is 37.8 Å². The summed E-state index contributed by atoms with van der Waals surface area (Å²) in [6.45, 7) is 7.87. The van der Waals surface area contributed by atoms with Crippen LogP contribution in [0.1, 0.15) is 24.0 Å². The van der Waals surface area contributed by atoms with Gasteiger partial charge in [-0.2, -0.15) is 0 Å². The van der Waals surface area contributed by atoms with E-state index in [0.29, 0.717) is 39.4 Å². The molecule has 0 atom stereocenters. The predicted octanol–water partition coefficient (Wildman–Crippen LogP) is 1.78. The summed E-state index contributed by atoms with van der Waals surface area (Å²) < 4.78 is 11.1. The highest BCUT2D eigenvalue weighted by Crippen LogP contribution is 2.23. The number of rotatable bonds is 4. The van der Waals surface area contributed by atoms with Crippen LogP contribution in [0.4, 0.5) is 0 Å². The largest absolute Gasteiger partial charge is 0.483 e. The fourth-order valence-electron chi connectivity index (χ4n) is 3.67. The molecule has 0 saturated carbocycles. The molecular weight excluding hydrogens is 332 g/mol. The molecule has 0 aliphatic carbocycles. The van der Waals surface area contributed by atoms with Gasteiger partial charge in [-0.15, -0.1) is 0 Å². The second-order valence-corrected chi connectivity index (χ2v) is 7.10. The number of carbonyl (C=O) groups is 2. The molecule has 0 aromatic heterocycles. The Hall–Kier alpha value is -2.08. The van der Waals surface area contributed by atoms with E-state index in [2.05, 4.69) is 0 Å². The molecule has 0 N–H and O–H groups in total. The van der Waals surface area contributed by atoms with Gasteiger partial charge in [-0.25, -0.2) is 0 Å². The van der Waals surface area contributed by atoms with Crippen molar-refractivity contribution in [1.82, 2.24) is 9.80 Å². The van der Waals surface area contributed by atoms with Gasteiger partial charge in [0.1, 0.15) is 5.75 Å². The first-order chi connectivity index (χ1) is 12.6. The van der Waals surface area contributed by atoms with Crippen LogP contribution in [0.25, 0.3) is 0 Å². The van der Waals surface area contributed by atoms with Crippen LogP contribution < -0.4 is 4.74 Å². The van der Waals surface area contributed by atoms with E-state index in [9.17, 15) is 9.59 Å². The lowest BCUT2D eigenvalue weighted by atomic mass is 9.95. The molecule has 2 aliphatic heterocycles. The number of piperidine rings is 1. The number of ether oxygens (including phenoxy) is 2. The quantitative estimate of drug-likeness (QED) is 0.821. The molecule has 0 unspecified atom stereocenters. The second kappa shape index (κ2) is 8.54. The van der Waals surface area contributed by atoms with E-state index in [4.69, 9.17) is 9.47 Å². The molecule has 1 aromatic carbocycles. The van der Waals surface area contributed by atoms with Crippen molar-refractivity contribution in [2.45, 2.75) is 26.7 Å². The minimum atomic E-state index is -0.00933. The fourth-order valence-corrected chi connectivity index (χ4v) is 3.67. The average molecular weight is 360 g/mol. The number of likely N-dealkylation sites (tertiary alicyclic amines) is 1. The van der Waals surface area contributed by atoms with E-state index in [0.717, 1.165) is 29.7 Å². The third-order valence-electron chi connectivity index (χ3n) is 5.27. The van der Waals surface area contributed by atoms with Crippen LogP contribution >= 0.6 is 0 Å². The van der Waals surface area contributed by atoms with Crippen LogP contribution in [0.5, 0.6) is 5.75 Å². The lowest BCUT2D eigenvalue weighted by Gasteiger charge is -2.35. The van der Waals surface area contributed by atoms with Gasteiger partial charge in [0.05, 0.1) is 13.2 Å². The number of morpholine rings is 1. The molecule has 26 heavy (non-hydrogen) atoms. The highest BCUT2D eigenvalue weighted by Gasteiger charge is 2.31. The number of hydrogen-bond acceptors (Lipinski definition) is 4. The van der Waals surface area contributed by atoms with Crippen LogP contribution in [0, 0.1) is 19.8 Å². The normalized spacial score (nSPS) is 18.7. The molecule has 2 heterocycles. The number of carbonyl (C=O) groups excluding carboxylic acids is 2. The van der Waals surface area contributed by atoms with E-state index in [1.54, 1.807) is 0 Å². The number of benzene rings is 1. The first kappa shape index (κ1) is 18.7. The smallest absolute Gasteiger partial charge is 0.260 e. The minimum Gasteiger partial charge on any atom is -0.483 e. The summed E-state index contributed by atoms with van der Waals surface area (Å²) in [5.41, 5.74) is 2.07. The maximum Gasteiger partial charge on any atom is 0.260 e. The van der Waals surface area contributed by atoms with Crippen molar-refractivity contribution in [1.29, 1.82) is 0 Å². The molecule has 0 bridgehead atoms. The summed E-state index contributed by atoms with van der Waals surface area (Å²) in [6, 6.07) is 5.95. The van der Waals surface area contributed by atoms with Gasteiger partial charge >= 0.3 is 0 Å². The predicted molar refractivity (Wildman–Crippen MR) is 98.1 cm³/mol. The topological polar surface area (TPSA) is 59.1 Å². The van der Waals surface area contributed by atoms with E-state index < -0.39 is 0 Å². The maximum absolute atomic E-state index is 12.6. The number of para-hydroxylation sites is 1. The molecule has 6 heteroatoms. The van der Waals surface area contributed by atoms with Crippen LogP contribution in [0.3, 0.4) is 0 Å². The highest BCUT2D eigenvalue weighted by molar-refractivity contribution is 5.81. The summed E-state index contributed by atoms with van der Waals surface area (Å²) in [5.74, 6) is 1.02. The van der Waals surface area contributed by atoms with Gasteiger partial charge in [0.25, 0.3) is 5.91 Å². The first-order valence-electron chi connectivity index (χ1n) is 9.39. The maximum atomic E-state index is 12.6. The molecular formula is C20H28N2O4. The highest BCUT2D eigenvalue weighted by atomic mass is 16.5. The standard InChI is InChI=1S/C20H28N2O4/c1-15-4-3-5-16(2)19(15)26-14-18(23)21-8-6-17(7-9-21)20(24)22-10-12-25-13-11-22/h3-5,17H,6-14H2,1-2H3. The Bertz CT molecular complexity index is 627. The van der Waals surface area contributed by atoms with Crippen molar-refractivity contribution >= 4 is 11.8 Å². The van der Waals surface area contributed by atoms with Crippen molar-refractivity contribution in [2.24, 2.45) is 5.92 Å². The Morgan fingerprint density at radius 1 is 1.04 bits per heavy atom. The summed E-state index contributed by atoms with van der Waals surface area (Å²) in [5, 5.41) is 0. The van der Waals surface area contributed by atoms with Gasteiger partial charge in [0.15, 0.2) is 6.61 Å². The monoisotopic (exact) mass is 360 g/mol. The van der Waals surface area contributed by atoms with Crippen LogP contribution in [-0.2, 0) is 14.3 Å².